The smallest absolute Gasteiger partial charge is 0.337 e. The Balaban J connectivity index is 1.89. The summed E-state index contributed by atoms with van der Waals surface area (Å²) >= 11 is 0. The Hall–Kier alpha value is -0.650. The molecule has 5 heteroatoms. The highest BCUT2D eigenvalue weighted by Gasteiger charge is 2.39. The molecule has 1 saturated heterocycles. The van der Waals surface area contributed by atoms with Gasteiger partial charge in [0, 0.05) is 6.54 Å². The van der Waals surface area contributed by atoms with Gasteiger partial charge in [-0.1, -0.05) is 19.3 Å². The lowest BCUT2D eigenvalue weighted by Gasteiger charge is -2.33. The van der Waals surface area contributed by atoms with Crippen molar-refractivity contribution in [3.05, 3.63) is 0 Å². The minimum absolute atomic E-state index is 0.241. The summed E-state index contributed by atoms with van der Waals surface area (Å²) in [6.45, 7) is 6.20. The van der Waals surface area contributed by atoms with Gasteiger partial charge in [0.1, 0.15) is 5.60 Å². The van der Waals surface area contributed by atoms with E-state index in [-0.39, 0.29) is 12.1 Å². The Kier molecular flexibility index (Phi) is 5.63. The standard InChI is InChI=1S/C16H29NO4/c1-16(2,3)20-15(19)14(18)13-10-7-11-17(13)21-12-8-5-4-6-9-12/h12-14,18H,4-11H2,1-3H3. The maximum absolute atomic E-state index is 12.0. The molecule has 1 aliphatic carbocycles. The van der Waals surface area contributed by atoms with E-state index in [9.17, 15) is 9.90 Å². The van der Waals surface area contributed by atoms with Crippen molar-refractivity contribution >= 4 is 5.97 Å². The van der Waals surface area contributed by atoms with Crippen LogP contribution in [-0.4, -0.2) is 46.5 Å². The summed E-state index contributed by atoms with van der Waals surface area (Å²) < 4.78 is 5.28. The molecule has 0 aromatic heterocycles. The lowest BCUT2D eigenvalue weighted by molar-refractivity contribution is -0.230. The molecule has 0 aromatic carbocycles. The molecular formula is C16H29NO4. The Morgan fingerprint density at radius 1 is 1.14 bits per heavy atom. The third kappa shape index (κ3) is 4.94. The van der Waals surface area contributed by atoms with Gasteiger partial charge in [-0.3, -0.25) is 4.84 Å². The number of carbonyl (C=O) groups is 1. The number of ether oxygens (including phenoxy) is 1. The molecule has 21 heavy (non-hydrogen) atoms. The van der Waals surface area contributed by atoms with Gasteiger partial charge in [-0.05, 0) is 46.5 Å². The SMILES string of the molecule is CC(C)(C)OC(=O)C(O)C1CCCN1OC1CCCCC1. The van der Waals surface area contributed by atoms with Gasteiger partial charge in [0.2, 0.25) is 0 Å². The molecule has 2 fully saturated rings. The first-order valence-corrected chi connectivity index (χ1v) is 8.21. The molecule has 2 atom stereocenters. The first-order valence-electron chi connectivity index (χ1n) is 8.21. The van der Waals surface area contributed by atoms with E-state index in [0.717, 1.165) is 32.2 Å². The van der Waals surface area contributed by atoms with Crippen LogP contribution in [0.1, 0.15) is 65.7 Å². The molecule has 1 N–H and O–H groups in total. The summed E-state index contributed by atoms with van der Waals surface area (Å²) in [6.07, 6.45) is 6.67. The van der Waals surface area contributed by atoms with Crippen LogP contribution in [0.25, 0.3) is 0 Å². The van der Waals surface area contributed by atoms with Crippen LogP contribution in [-0.2, 0) is 14.4 Å². The van der Waals surface area contributed by atoms with Crippen LogP contribution in [0.15, 0.2) is 0 Å². The normalized spacial score (nSPS) is 26.8. The van der Waals surface area contributed by atoms with E-state index in [4.69, 9.17) is 9.57 Å². The van der Waals surface area contributed by atoms with Gasteiger partial charge >= 0.3 is 5.97 Å². The lowest BCUT2D eigenvalue weighted by Crippen LogP contribution is -2.47. The van der Waals surface area contributed by atoms with Crippen molar-refractivity contribution in [3.63, 3.8) is 0 Å². The van der Waals surface area contributed by atoms with Crippen LogP contribution >= 0.6 is 0 Å². The average Bonchev–Trinajstić information content (AvgIpc) is 2.85. The van der Waals surface area contributed by atoms with Gasteiger partial charge in [-0.25, -0.2) is 4.79 Å². The zero-order valence-electron chi connectivity index (χ0n) is 13.5. The fraction of sp³-hybridized carbons (Fsp3) is 0.938. The molecule has 0 bridgehead atoms. The van der Waals surface area contributed by atoms with E-state index in [2.05, 4.69) is 0 Å². The molecule has 0 amide bonds. The fourth-order valence-corrected chi connectivity index (χ4v) is 3.09. The summed E-state index contributed by atoms with van der Waals surface area (Å²) in [5.74, 6) is -0.549. The number of hydrogen-bond donors (Lipinski definition) is 1. The molecule has 0 spiro atoms. The van der Waals surface area contributed by atoms with Crippen molar-refractivity contribution in [3.8, 4) is 0 Å². The molecular weight excluding hydrogens is 270 g/mol. The molecule has 1 aliphatic heterocycles. The number of rotatable bonds is 4. The second-order valence-electron chi connectivity index (χ2n) is 7.19. The molecule has 1 saturated carbocycles. The molecule has 2 rings (SSSR count). The molecule has 2 unspecified atom stereocenters. The third-order valence-electron chi connectivity index (χ3n) is 4.10. The number of aliphatic hydroxyl groups is 1. The van der Waals surface area contributed by atoms with Crippen LogP contribution in [0.3, 0.4) is 0 Å². The molecule has 2 aliphatic rings. The maximum atomic E-state index is 12.0. The molecule has 5 nitrogen and oxygen atoms in total. The summed E-state index contributed by atoms with van der Waals surface area (Å²) in [7, 11) is 0. The molecule has 1 heterocycles. The Morgan fingerprint density at radius 3 is 2.43 bits per heavy atom. The predicted octanol–water partition coefficient (Wildman–Crippen LogP) is 2.42. The van der Waals surface area contributed by atoms with Crippen LogP contribution < -0.4 is 0 Å². The second kappa shape index (κ2) is 7.07. The monoisotopic (exact) mass is 299 g/mol. The Labute approximate surface area is 127 Å². The summed E-state index contributed by atoms with van der Waals surface area (Å²) in [5, 5.41) is 12.1. The first-order chi connectivity index (χ1) is 9.87. The molecule has 122 valence electrons. The van der Waals surface area contributed by atoms with E-state index < -0.39 is 17.7 Å². The Morgan fingerprint density at radius 2 is 1.81 bits per heavy atom. The van der Waals surface area contributed by atoms with Crippen LogP contribution in [0.2, 0.25) is 0 Å². The van der Waals surface area contributed by atoms with Gasteiger partial charge in [0.05, 0.1) is 12.1 Å². The van der Waals surface area contributed by atoms with E-state index in [1.54, 1.807) is 0 Å². The quantitative estimate of drug-likeness (QED) is 0.808. The highest BCUT2D eigenvalue weighted by atomic mass is 16.7. The van der Waals surface area contributed by atoms with Crippen molar-refractivity contribution in [2.75, 3.05) is 6.54 Å². The van der Waals surface area contributed by atoms with E-state index >= 15 is 0 Å². The minimum Gasteiger partial charge on any atom is -0.458 e. The molecule has 0 aromatic rings. The van der Waals surface area contributed by atoms with E-state index in [0.29, 0.717) is 0 Å². The largest absolute Gasteiger partial charge is 0.458 e. The van der Waals surface area contributed by atoms with Gasteiger partial charge < -0.3 is 9.84 Å². The topological polar surface area (TPSA) is 59.0 Å². The fourth-order valence-electron chi connectivity index (χ4n) is 3.09. The summed E-state index contributed by atoms with van der Waals surface area (Å²) in [5.41, 5.74) is -0.578. The van der Waals surface area contributed by atoms with Crippen molar-refractivity contribution in [1.82, 2.24) is 5.06 Å². The zero-order chi connectivity index (χ0) is 15.5. The first kappa shape index (κ1) is 16.7. The zero-order valence-corrected chi connectivity index (χ0v) is 13.5. The lowest BCUT2D eigenvalue weighted by atomic mass is 9.98. The van der Waals surface area contributed by atoms with E-state index in [1.165, 1.54) is 19.3 Å². The number of hydroxylamine groups is 2. The van der Waals surface area contributed by atoms with E-state index in [1.807, 2.05) is 25.8 Å². The van der Waals surface area contributed by atoms with Crippen LogP contribution in [0.4, 0.5) is 0 Å². The van der Waals surface area contributed by atoms with Crippen molar-refractivity contribution in [1.29, 1.82) is 0 Å². The van der Waals surface area contributed by atoms with Crippen molar-refractivity contribution in [2.24, 2.45) is 0 Å². The molecule has 0 radical (unpaired) electrons. The van der Waals surface area contributed by atoms with Crippen molar-refractivity contribution in [2.45, 2.75) is 89.6 Å². The third-order valence-corrected chi connectivity index (χ3v) is 4.10. The second-order valence-corrected chi connectivity index (χ2v) is 7.19. The highest BCUT2D eigenvalue weighted by molar-refractivity contribution is 5.75. The number of aliphatic hydroxyl groups excluding tert-OH is 1. The Bertz CT molecular complexity index is 347. The number of nitrogens with zero attached hydrogens (tertiary/aromatic N) is 1. The van der Waals surface area contributed by atoms with Gasteiger partial charge in [-0.2, -0.15) is 5.06 Å². The average molecular weight is 299 g/mol. The predicted molar refractivity (Wildman–Crippen MR) is 79.5 cm³/mol. The van der Waals surface area contributed by atoms with Gasteiger partial charge in [-0.15, -0.1) is 0 Å². The van der Waals surface area contributed by atoms with Crippen molar-refractivity contribution < 1.29 is 19.5 Å². The number of esters is 1. The summed E-state index contributed by atoms with van der Waals surface area (Å²) in [4.78, 5) is 18.1. The maximum Gasteiger partial charge on any atom is 0.337 e. The van der Waals surface area contributed by atoms with Gasteiger partial charge in [0.15, 0.2) is 6.10 Å². The summed E-state index contributed by atoms with van der Waals surface area (Å²) in [6, 6.07) is -0.276. The van der Waals surface area contributed by atoms with Gasteiger partial charge in [0.25, 0.3) is 0 Å². The number of carbonyl (C=O) groups excluding carboxylic acids is 1. The minimum atomic E-state index is -1.13. The van der Waals surface area contributed by atoms with Crippen LogP contribution in [0.5, 0.6) is 0 Å². The highest BCUT2D eigenvalue weighted by Crippen LogP contribution is 2.27. The van der Waals surface area contributed by atoms with Crippen LogP contribution in [0, 0.1) is 0 Å². The number of hydrogen-bond acceptors (Lipinski definition) is 5.